The standard InChI is InChI=1S/C25H35N5O3/c1-4-7-9-17-29-20(14-15-21(31)26-19-12-10-18(6-3)11-13-19)27-23-22(29)24(32)28-25(33)30(23)16-8-5-2/h10-13H,4-9,14-17H2,1-3H3,(H,26,31)(H,28,32,33). The van der Waals surface area contributed by atoms with E-state index in [1.807, 2.05) is 28.8 Å². The number of nitrogens with one attached hydrogen (secondary N) is 2. The molecule has 8 heteroatoms. The van der Waals surface area contributed by atoms with Crippen LogP contribution in [0.25, 0.3) is 11.2 Å². The van der Waals surface area contributed by atoms with Crippen molar-refractivity contribution in [3.63, 3.8) is 0 Å². The van der Waals surface area contributed by atoms with Gasteiger partial charge in [0, 0.05) is 31.6 Å². The molecule has 1 amide bonds. The van der Waals surface area contributed by atoms with E-state index in [1.165, 1.54) is 5.56 Å². The van der Waals surface area contributed by atoms with Gasteiger partial charge in [0.25, 0.3) is 5.56 Å². The number of unbranched alkanes of at least 4 members (excludes halogenated alkanes) is 3. The van der Waals surface area contributed by atoms with Gasteiger partial charge in [-0.3, -0.25) is 19.1 Å². The van der Waals surface area contributed by atoms with Gasteiger partial charge >= 0.3 is 5.69 Å². The molecule has 0 unspecified atom stereocenters. The zero-order valence-corrected chi connectivity index (χ0v) is 19.9. The molecule has 0 aliphatic heterocycles. The Hall–Kier alpha value is -3.16. The van der Waals surface area contributed by atoms with Crippen LogP contribution in [0, 0.1) is 0 Å². The molecule has 2 N–H and O–H groups in total. The summed E-state index contributed by atoms with van der Waals surface area (Å²) < 4.78 is 3.45. The van der Waals surface area contributed by atoms with Gasteiger partial charge in [-0.2, -0.15) is 0 Å². The van der Waals surface area contributed by atoms with Gasteiger partial charge in [0.05, 0.1) is 0 Å². The number of aromatic amines is 1. The van der Waals surface area contributed by atoms with Crippen LogP contribution in [0.1, 0.15) is 70.7 Å². The third kappa shape index (κ3) is 6.00. The molecule has 0 aliphatic carbocycles. The van der Waals surface area contributed by atoms with Crippen molar-refractivity contribution >= 4 is 22.8 Å². The van der Waals surface area contributed by atoms with Crippen molar-refractivity contribution < 1.29 is 4.79 Å². The minimum absolute atomic E-state index is 0.108. The number of imidazole rings is 1. The molecule has 1 aromatic carbocycles. The lowest BCUT2D eigenvalue weighted by Crippen LogP contribution is -2.31. The predicted molar refractivity (Wildman–Crippen MR) is 132 cm³/mol. The fourth-order valence-corrected chi connectivity index (χ4v) is 3.97. The summed E-state index contributed by atoms with van der Waals surface area (Å²) in [6.45, 7) is 7.40. The molecule has 3 aromatic rings. The van der Waals surface area contributed by atoms with Crippen molar-refractivity contribution in [3.8, 4) is 0 Å². The van der Waals surface area contributed by atoms with Crippen LogP contribution in [0.2, 0.25) is 0 Å². The van der Waals surface area contributed by atoms with Gasteiger partial charge in [-0.15, -0.1) is 0 Å². The van der Waals surface area contributed by atoms with Gasteiger partial charge in [0.1, 0.15) is 5.82 Å². The van der Waals surface area contributed by atoms with E-state index in [2.05, 4.69) is 31.1 Å². The van der Waals surface area contributed by atoms with Crippen molar-refractivity contribution in [2.45, 2.75) is 85.2 Å². The van der Waals surface area contributed by atoms with E-state index < -0.39 is 11.2 Å². The van der Waals surface area contributed by atoms with E-state index in [1.54, 1.807) is 4.57 Å². The lowest BCUT2D eigenvalue weighted by atomic mass is 10.1. The topological polar surface area (TPSA) is 102 Å². The van der Waals surface area contributed by atoms with Gasteiger partial charge in [-0.25, -0.2) is 9.78 Å². The Bertz CT molecular complexity index is 1190. The van der Waals surface area contributed by atoms with Crippen LogP contribution >= 0.6 is 0 Å². The molecule has 8 nitrogen and oxygen atoms in total. The van der Waals surface area contributed by atoms with Gasteiger partial charge < -0.3 is 9.88 Å². The number of aryl methyl sites for hydroxylation is 4. The zero-order chi connectivity index (χ0) is 23.8. The second-order valence-corrected chi connectivity index (χ2v) is 8.42. The number of hydrogen-bond acceptors (Lipinski definition) is 4. The van der Waals surface area contributed by atoms with Crippen molar-refractivity contribution in [2.75, 3.05) is 5.32 Å². The summed E-state index contributed by atoms with van der Waals surface area (Å²) in [6.07, 6.45) is 6.31. The number of fused-ring (bicyclic) bond motifs is 1. The van der Waals surface area contributed by atoms with Gasteiger partial charge in [-0.05, 0) is 37.0 Å². The summed E-state index contributed by atoms with van der Waals surface area (Å²) >= 11 is 0. The van der Waals surface area contributed by atoms with Crippen molar-refractivity contribution in [2.24, 2.45) is 0 Å². The number of hydrogen-bond donors (Lipinski definition) is 2. The number of rotatable bonds is 12. The average molecular weight is 454 g/mol. The Labute approximate surface area is 194 Å². The maximum atomic E-state index is 12.7. The second kappa shape index (κ2) is 11.6. The number of H-pyrrole nitrogens is 1. The third-order valence-corrected chi connectivity index (χ3v) is 5.91. The number of benzene rings is 1. The normalized spacial score (nSPS) is 11.2. The van der Waals surface area contributed by atoms with Crippen LogP contribution in [-0.4, -0.2) is 25.0 Å². The highest BCUT2D eigenvalue weighted by Crippen LogP contribution is 2.16. The summed E-state index contributed by atoms with van der Waals surface area (Å²) in [5.41, 5.74) is 1.97. The minimum atomic E-state index is -0.432. The number of aromatic nitrogens is 4. The quantitative estimate of drug-likeness (QED) is 0.405. The number of anilines is 1. The second-order valence-electron chi connectivity index (χ2n) is 8.42. The smallest absolute Gasteiger partial charge is 0.326 e. The molecule has 0 bridgehead atoms. The van der Waals surface area contributed by atoms with Crippen LogP contribution in [0.4, 0.5) is 5.69 Å². The van der Waals surface area contributed by atoms with E-state index in [-0.39, 0.29) is 12.3 Å². The summed E-state index contributed by atoms with van der Waals surface area (Å²) in [7, 11) is 0. The third-order valence-electron chi connectivity index (χ3n) is 5.91. The van der Waals surface area contributed by atoms with Crippen LogP contribution in [0.15, 0.2) is 33.9 Å². The lowest BCUT2D eigenvalue weighted by Gasteiger charge is -2.09. The SMILES string of the molecule is CCCCCn1c(CCC(=O)Nc2ccc(CC)cc2)nc2c1c(=O)[nH]c(=O)n2CCCC. The largest absolute Gasteiger partial charge is 0.330 e. The molecule has 0 saturated carbocycles. The number of carbonyl (C=O) groups excluding carboxylic acids is 1. The molecule has 0 radical (unpaired) electrons. The lowest BCUT2D eigenvalue weighted by molar-refractivity contribution is -0.116. The molecule has 0 aliphatic rings. The first-order chi connectivity index (χ1) is 16.0. The molecular weight excluding hydrogens is 418 g/mol. The first-order valence-electron chi connectivity index (χ1n) is 12.1. The molecule has 2 aromatic heterocycles. The van der Waals surface area contributed by atoms with Crippen LogP contribution < -0.4 is 16.6 Å². The molecule has 0 saturated heterocycles. The Morgan fingerprint density at radius 3 is 2.33 bits per heavy atom. The van der Waals surface area contributed by atoms with Gasteiger partial charge in [0.2, 0.25) is 5.91 Å². The number of carbonyl (C=O) groups is 1. The molecular formula is C25H35N5O3. The molecule has 0 fully saturated rings. The minimum Gasteiger partial charge on any atom is -0.326 e. The molecule has 33 heavy (non-hydrogen) atoms. The Morgan fingerprint density at radius 1 is 0.970 bits per heavy atom. The van der Waals surface area contributed by atoms with E-state index in [9.17, 15) is 14.4 Å². The first kappa shape index (κ1) is 24.5. The highest BCUT2D eigenvalue weighted by molar-refractivity contribution is 5.90. The molecule has 0 spiro atoms. The van der Waals surface area contributed by atoms with E-state index >= 15 is 0 Å². The molecule has 178 valence electrons. The van der Waals surface area contributed by atoms with E-state index in [4.69, 9.17) is 4.98 Å². The molecule has 2 heterocycles. The fourth-order valence-electron chi connectivity index (χ4n) is 3.97. The first-order valence-corrected chi connectivity index (χ1v) is 12.1. The van der Waals surface area contributed by atoms with Crippen LogP contribution in [0.5, 0.6) is 0 Å². The highest BCUT2D eigenvalue weighted by atomic mass is 16.2. The summed E-state index contributed by atoms with van der Waals surface area (Å²) in [6, 6.07) is 7.82. The predicted octanol–water partition coefficient (Wildman–Crippen LogP) is 4.01. The van der Waals surface area contributed by atoms with Gasteiger partial charge in [-0.1, -0.05) is 52.2 Å². The van der Waals surface area contributed by atoms with Crippen LogP contribution in [0.3, 0.4) is 0 Å². The maximum absolute atomic E-state index is 12.7. The Morgan fingerprint density at radius 2 is 1.67 bits per heavy atom. The van der Waals surface area contributed by atoms with Crippen LogP contribution in [-0.2, 0) is 30.7 Å². The zero-order valence-electron chi connectivity index (χ0n) is 19.9. The Kier molecular flexibility index (Phi) is 8.63. The highest BCUT2D eigenvalue weighted by Gasteiger charge is 2.19. The fraction of sp³-hybridized carbons (Fsp3) is 0.520. The van der Waals surface area contributed by atoms with Gasteiger partial charge in [0.15, 0.2) is 11.2 Å². The monoisotopic (exact) mass is 453 g/mol. The number of amides is 1. The maximum Gasteiger partial charge on any atom is 0.330 e. The average Bonchev–Trinajstić information content (AvgIpc) is 3.17. The van der Waals surface area contributed by atoms with Crippen molar-refractivity contribution in [3.05, 3.63) is 56.5 Å². The van der Waals surface area contributed by atoms with Crippen molar-refractivity contribution in [1.29, 1.82) is 0 Å². The summed E-state index contributed by atoms with van der Waals surface area (Å²) in [4.78, 5) is 44.9. The van der Waals surface area contributed by atoms with E-state index in [0.717, 1.165) is 44.2 Å². The molecule has 0 atom stereocenters. The Balaban J connectivity index is 1.87. The number of nitrogens with zero attached hydrogens (tertiary/aromatic N) is 3. The molecule has 3 rings (SSSR count). The van der Waals surface area contributed by atoms with E-state index in [0.29, 0.717) is 36.5 Å². The van der Waals surface area contributed by atoms with Crippen molar-refractivity contribution in [1.82, 2.24) is 19.1 Å². The summed E-state index contributed by atoms with van der Waals surface area (Å²) in [5, 5.41) is 2.93. The summed E-state index contributed by atoms with van der Waals surface area (Å²) in [5.74, 6) is 0.558.